The lowest BCUT2D eigenvalue weighted by atomic mass is 9.87. The van der Waals surface area contributed by atoms with E-state index >= 15 is 0 Å². The third-order valence-corrected chi connectivity index (χ3v) is 16.5. The molecule has 1 atom stereocenters. The Morgan fingerprint density at radius 1 is 0.632 bits per heavy atom. The first-order valence-electron chi connectivity index (χ1n) is 25.3. The Bertz CT molecular complexity index is 3760. The molecule has 12 rings (SSSR count). The summed E-state index contributed by atoms with van der Waals surface area (Å²) in [6, 6.07) is 53.1. The minimum absolute atomic E-state index is 0.189. The van der Waals surface area contributed by atoms with Gasteiger partial charge in [0.2, 0.25) is 5.69 Å². The van der Waals surface area contributed by atoms with Gasteiger partial charge >= 0.3 is 11.5 Å². The summed E-state index contributed by atoms with van der Waals surface area (Å²) < 4.78 is 48.2. The molecule has 2 aliphatic rings. The number of rotatable bonds is 8. The number of hydrogen-bond acceptors (Lipinski definition) is 1. The van der Waals surface area contributed by atoms with Crippen molar-refractivity contribution in [1.82, 2.24) is 4.57 Å². The Morgan fingerprint density at radius 2 is 1.28 bits per heavy atom. The number of para-hydroxylation sites is 2. The van der Waals surface area contributed by atoms with E-state index in [1.165, 1.54) is 40.1 Å². The number of imidazole rings is 1. The molecule has 68 heavy (non-hydrogen) atoms. The molecular weight excluding hydrogens is 850 g/mol. The van der Waals surface area contributed by atoms with Crippen molar-refractivity contribution in [1.29, 1.82) is 0 Å². The zero-order valence-corrected chi connectivity index (χ0v) is 41.4. The fourth-order valence-electron chi connectivity index (χ4n) is 11.5. The van der Waals surface area contributed by atoms with Crippen LogP contribution in [0.15, 0.2) is 162 Å². The van der Waals surface area contributed by atoms with E-state index in [1.807, 2.05) is 32.0 Å². The zero-order valence-electron chi connectivity index (χ0n) is 42.4. The van der Waals surface area contributed by atoms with E-state index in [-0.39, 0.29) is 23.6 Å². The number of hydrogen-bond donors (Lipinski definition) is 0. The molecule has 1 unspecified atom stereocenters. The van der Waals surface area contributed by atoms with Crippen LogP contribution in [0.4, 0.5) is 4.39 Å². The largest absolute Gasteiger partial charge is 0.456 e. The number of benzene rings is 7. The van der Waals surface area contributed by atoms with Gasteiger partial charge in [0.25, 0.3) is 0 Å². The second kappa shape index (κ2) is 15.3. The molecule has 336 valence electrons. The summed E-state index contributed by atoms with van der Waals surface area (Å²) in [6.07, 6.45) is 0.790. The molecule has 5 heterocycles. The highest BCUT2D eigenvalue weighted by Crippen LogP contribution is 2.52. The van der Waals surface area contributed by atoms with Gasteiger partial charge in [-0.25, -0.2) is 4.39 Å². The van der Waals surface area contributed by atoms with Gasteiger partial charge in [-0.3, -0.25) is 0 Å². The predicted octanol–water partition coefficient (Wildman–Crippen LogP) is 14.8. The first kappa shape index (κ1) is 40.2. The van der Waals surface area contributed by atoms with E-state index in [0.717, 1.165) is 88.6 Å². The molecule has 4 nitrogen and oxygen atoms in total. The summed E-state index contributed by atoms with van der Waals surface area (Å²) in [4.78, 5) is 0. The zero-order chi connectivity index (χ0) is 48.8. The predicted molar refractivity (Wildman–Crippen MR) is 280 cm³/mol. The lowest BCUT2D eigenvalue weighted by Gasteiger charge is -2.24. The number of fused-ring (bicyclic) bond motifs is 15. The van der Waals surface area contributed by atoms with E-state index < -0.39 is 20.1 Å². The summed E-state index contributed by atoms with van der Waals surface area (Å²) >= 11 is 0. The van der Waals surface area contributed by atoms with Gasteiger partial charge in [-0.15, -0.1) is 9.13 Å². The fraction of sp³-hybridized carbons (Fsp3) is 0.226. The minimum atomic E-state index is -2.22. The van der Waals surface area contributed by atoms with Crippen LogP contribution in [0.1, 0.15) is 83.9 Å². The molecule has 0 N–H and O–H groups in total. The Balaban J connectivity index is 1.28. The maximum atomic E-state index is 14.2. The SMILES string of the molecule is [2H]C([2H])(c1cc2[n+](cc1[Si](C)(C)C)C1(c3ccccc3-2)c2cc3oc4ccc(-c5ccc(F)cc5)cc4c3cc2-c2n(-c3c(C(C)C)cc(-c4ccccc4)cc3C(C)C)c3ccccc3[n+]21)C(C)C. The Hall–Kier alpha value is -6.89. The fourth-order valence-corrected chi connectivity index (χ4v) is 13.0. The van der Waals surface area contributed by atoms with Crippen LogP contribution in [0.5, 0.6) is 0 Å². The first-order chi connectivity index (χ1) is 33.5. The van der Waals surface area contributed by atoms with Gasteiger partial charge in [0.1, 0.15) is 22.7 Å². The molecule has 0 bridgehead atoms. The van der Waals surface area contributed by atoms with Gasteiger partial charge in [0.05, 0.1) is 30.3 Å². The third-order valence-electron chi connectivity index (χ3n) is 14.5. The van der Waals surface area contributed by atoms with Crippen LogP contribution in [-0.2, 0) is 12.0 Å². The molecule has 1 spiro atoms. The highest BCUT2D eigenvalue weighted by atomic mass is 28.3. The topological polar surface area (TPSA) is 25.8 Å². The molecule has 0 amide bonds. The van der Waals surface area contributed by atoms with Gasteiger partial charge in [-0.2, -0.15) is 4.57 Å². The number of nitrogens with zero attached hydrogens (tertiary/aromatic N) is 3. The quantitative estimate of drug-likeness (QED) is 0.110. The summed E-state index contributed by atoms with van der Waals surface area (Å²) in [6.45, 7) is 20.3. The van der Waals surface area contributed by atoms with Crippen LogP contribution in [0.3, 0.4) is 0 Å². The van der Waals surface area contributed by atoms with Crippen LogP contribution < -0.4 is 14.3 Å². The molecule has 0 saturated carbocycles. The molecule has 7 aromatic carbocycles. The van der Waals surface area contributed by atoms with Crippen LogP contribution in [0.25, 0.3) is 83.6 Å². The molecule has 6 heteroatoms. The van der Waals surface area contributed by atoms with Gasteiger partial charge in [0, 0.05) is 35.9 Å². The lowest BCUT2D eigenvalue weighted by molar-refractivity contribution is -0.944. The summed E-state index contributed by atoms with van der Waals surface area (Å²) in [5, 5.41) is 3.11. The van der Waals surface area contributed by atoms with Crippen molar-refractivity contribution in [3.8, 4) is 50.6 Å². The molecule has 0 radical (unpaired) electrons. The monoisotopic (exact) mass is 909 g/mol. The van der Waals surface area contributed by atoms with Crippen molar-refractivity contribution < 1.29 is 20.7 Å². The van der Waals surface area contributed by atoms with Crippen molar-refractivity contribution in [2.45, 2.75) is 85.1 Å². The Kier molecular flexibility index (Phi) is 9.05. The lowest BCUT2D eigenvalue weighted by Crippen LogP contribution is -2.72. The average Bonchev–Trinajstić information content (AvgIpc) is 4.05. The van der Waals surface area contributed by atoms with Gasteiger partial charge in [0.15, 0.2) is 17.2 Å². The van der Waals surface area contributed by atoms with Crippen molar-refractivity contribution in [2.75, 3.05) is 0 Å². The highest BCUT2D eigenvalue weighted by molar-refractivity contribution is 6.89. The summed E-state index contributed by atoms with van der Waals surface area (Å²) in [5.41, 5.74) is 17.1. The van der Waals surface area contributed by atoms with Crippen molar-refractivity contribution in [2.24, 2.45) is 5.92 Å². The first-order valence-corrected chi connectivity index (χ1v) is 27.8. The molecule has 3 aromatic heterocycles. The van der Waals surface area contributed by atoms with Crippen molar-refractivity contribution in [3.63, 3.8) is 0 Å². The van der Waals surface area contributed by atoms with E-state index in [9.17, 15) is 7.13 Å². The summed E-state index contributed by atoms with van der Waals surface area (Å²) in [7, 11) is -2.22. The molecule has 0 aliphatic carbocycles. The van der Waals surface area contributed by atoms with Gasteiger partial charge < -0.3 is 4.42 Å². The number of halogens is 1. The van der Waals surface area contributed by atoms with E-state index in [4.69, 9.17) is 4.42 Å². The summed E-state index contributed by atoms with van der Waals surface area (Å²) in [5.74, 6) is 0.959. The minimum Gasteiger partial charge on any atom is -0.456 e. The number of aromatic nitrogens is 3. The van der Waals surface area contributed by atoms with Crippen molar-refractivity contribution >= 4 is 46.2 Å². The van der Waals surface area contributed by atoms with E-state index in [0.29, 0.717) is 0 Å². The van der Waals surface area contributed by atoms with Crippen LogP contribution in [0.2, 0.25) is 19.6 Å². The van der Waals surface area contributed by atoms with Crippen LogP contribution in [0, 0.1) is 11.7 Å². The van der Waals surface area contributed by atoms with Crippen LogP contribution >= 0.6 is 0 Å². The molecule has 2 aliphatic heterocycles. The third kappa shape index (κ3) is 6.15. The molecular formula is C62H58FN3OSi+2. The smallest absolute Gasteiger partial charge is 0.364 e. The van der Waals surface area contributed by atoms with Gasteiger partial charge in [-0.05, 0) is 125 Å². The second-order valence-corrected chi connectivity index (χ2v) is 26.0. The Morgan fingerprint density at radius 3 is 1.99 bits per heavy atom. The van der Waals surface area contributed by atoms with Crippen LogP contribution in [-0.4, -0.2) is 12.6 Å². The Labute approximate surface area is 402 Å². The van der Waals surface area contributed by atoms with E-state index in [2.05, 4.69) is 189 Å². The number of pyridine rings is 1. The second-order valence-electron chi connectivity index (χ2n) is 21.0. The van der Waals surface area contributed by atoms with Gasteiger partial charge in [-0.1, -0.05) is 134 Å². The highest BCUT2D eigenvalue weighted by Gasteiger charge is 2.67. The maximum absolute atomic E-state index is 14.2. The number of furan rings is 1. The molecule has 10 aromatic rings. The normalized spacial score (nSPS) is 15.8. The van der Waals surface area contributed by atoms with Crippen molar-refractivity contribution in [3.05, 3.63) is 191 Å². The standard InChI is InChI=1S/C62H58FN3OSi/c1-37(2)29-44-33-56-46-19-13-14-20-52(46)62(64(56)36-59(44)68(7,8)9)53-35-58-50(49-30-42(25-28-57(49)67-58)41-23-26-45(63)27-24-41)34-51(53)61-65(54-21-15-16-22-55(54)66(61)62)60-47(38(3)4)31-43(32-48(60)39(5)6)40-17-11-10-12-18-40/h10-28,30-39H,29H2,1-9H3/q+2/i29D2. The average molecular weight is 910 g/mol. The molecule has 0 fully saturated rings. The maximum Gasteiger partial charge on any atom is 0.364 e. The molecule has 0 saturated heterocycles. The van der Waals surface area contributed by atoms with E-state index in [1.54, 1.807) is 0 Å².